The Balaban J connectivity index is 1.71. The Morgan fingerprint density at radius 3 is 2.52 bits per heavy atom. The topological polar surface area (TPSA) is 66.9 Å². The minimum absolute atomic E-state index is 0.0230. The molecule has 27 heavy (non-hydrogen) atoms. The van der Waals surface area contributed by atoms with E-state index in [1.54, 1.807) is 31.2 Å². The summed E-state index contributed by atoms with van der Waals surface area (Å²) in [4.78, 5) is 21.0. The second kappa shape index (κ2) is 8.40. The number of hydrogen-bond acceptors (Lipinski definition) is 4. The van der Waals surface area contributed by atoms with Crippen LogP contribution in [0.25, 0.3) is 0 Å². The first-order valence-corrected chi connectivity index (χ1v) is 8.71. The standard InChI is InChI=1S/C21H21FN4O/c1-14(16-8-4-3-5-9-16)24-20-12-19(25-15(2)26-20)21(27)23-13-17-10-6-7-11-18(17)22/h3-12,14H,13H2,1-2H3,(H,23,27)(H,24,25,26). The minimum atomic E-state index is -0.376. The van der Waals surface area contributed by atoms with Crippen LogP contribution in [0.1, 0.15) is 40.4 Å². The van der Waals surface area contributed by atoms with Crippen molar-refractivity contribution in [1.82, 2.24) is 15.3 Å². The van der Waals surface area contributed by atoms with E-state index in [-0.39, 0.29) is 30.0 Å². The van der Waals surface area contributed by atoms with Crippen LogP contribution < -0.4 is 10.6 Å². The van der Waals surface area contributed by atoms with Gasteiger partial charge in [-0.25, -0.2) is 14.4 Å². The van der Waals surface area contributed by atoms with Gasteiger partial charge >= 0.3 is 0 Å². The number of nitrogens with zero attached hydrogens (tertiary/aromatic N) is 2. The lowest BCUT2D eigenvalue weighted by atomic mass is 10.1. The first-order chi connectivity index (χ1) is 13.0. The van der Waals surface area contributed by atoms with Crippen molar-refractivity contribution in [2.75, 3.05) is 5.32 Å². The zero-order chi connectivity index (χ0) is 19.2. The summed E-state index contributed by atoms with van der Waals surface area (Å²) in [6.07, 6.45) is 0. The molecule has 1 atom stereocenters. The van der Waals surface area contributed by atoms with Crippen molar-refractivity contribution in [3.8, 4) is 0 Å². The lowest BCUT2D eigenvalue weighted by Crippen LogP contribution is -2.25. The number of anilines is 1. The van der Waals surface area contributed by atoms with Crippen LogP contribution >= 0.6 is 0 Å². The van der Waals surface area contributed by atoms with E-state index in [1.807, 2.05) is 37.3 Å². The number of aryl methyl sites for hydroxylation is 1. The van der Waals surface area contributed by atoms with Gasteiger partial charge in [0.05, 0.1) is 0 Å². The molecule has 0 spiro atoms. The molecule has 0 saturated carbocycles. The first-order valence-electron chi connectivity index (χ1n) is 8.71. The number of benzene rings is 2. The number of aromatic nitrogens is 2. The summed E-state index contributed by atoms with van der Waals surface area (Å²) in [7, 11) is 0. The normalized spacial score (nSPS) is 11.7. The highest BCUT2D eigenvalue weighted by Gasteiger charge is 2.13. The number of hydrogen-bond donors (Lipinski definition) is 2. The van der Waals surface area contributed by atoms with Crippen LogP contribution in [-0.4, -0.2) is 15.9 Å². The predicted octanol–water partition coefficient (Wildman–Crippen LogP) is 4.03. The molecule has 2 aromatic carbocycles. The van der Waals surface area contributed by atoms with E-state index in [9.17, 15) is 9.18 Å². The first kappa shape index (κ1) is 18.5. The van der Waals surface area contributed by atoms with Crippen molar-refractivity contribution in [2.45, 2.75) is 26.4 Å². The average molecular weight is 364 g/mol. The van der Waals surface area contributed by atoms with E-state index in [4.69, 9.17) is 0 Å². The Bertz CT molecular complexity index is 930. The van der Waals surface area contributed by atoms with Gasteiger partial charge in [-0.2, -0.15) is 0 Å². The smallest absolute Gasteiger partial charge is 0.270 e. The third kappa shape index (κ3) is 4.88. The van der Waals surface area contributed by atoms with Crippen molar-refractivity contribution < 1.29 is 9.18 Å². The molecule has 5 nitrogen and oxygen atoms in total. The molecule has 3 rings (SSSR count). The van der Waals surface area contributed by atoms with Crippen molar-refractivity contribution in [1.29, 1.82) is 0 Å². The Labute approximate surface area is 157 Å². The van der Waals surface area contributed by atoms with Gasteiger partial charge in [0.2, 0.25) is 0 Å². The van der Waals surface area contributed by atoms with E-state index >= 15 is 0 Å². The summed E-state index contributed by atoms with van der Waals surface area (Å²) in [5.74, 6) is 0.320. The molecule has 0 bridgehead atoms. The summed E-state index contributed by atoms with van der Waals surface area (Å²) in [5, 5.41) is 5.98. The lowest BCUT2D eigenvalue weighted by Gasteiger charge is -2.16. The number of amides is 1. The molecule has 0 aliphatic rings. The van der Waals surface area contributed by atoms with Crippen LogP contribution in [0, 0.1) is 12.7 Å². The van der Waals surface area contributed by atoms with Crippen molar-refractivity contribution in [2.24, 2.45) is 0 Å². The number of halogens is 1. The molecule has 0 aliphatic heterocycles. The fourth-order valence-corrected chi connectivity index (χ4v) is 2.71. The summed E-state index contributed by atoms with van der Waals surface area (Å²) >= 11 is 0. The van der Waals surface area contributed by atoms with Crippen molar-refractivity contribution in [3.63, 3.8) is 0 Å². The second-order valence-corrected chi connectivity index (χ2v) is 6.24. The highest BCUT2D eigenvalue weighted by atomic mass is 19.1. The van der Waals surface area contributed by atoms with Crippen molar-refractivity contribution >= 4 is 11.7 Å². The van der Waals surface area contributed by atoms with Crippen LogP contribution in [0.15, 0.2) is 60.7 Å². The summed E-state index contributed by atoms with van der Waals surface area (Å²) < 4.78 is 13.7. The number of nitrogens with one attached hydrogen (secondary N) is 2. The molecule has 1 aromatic heterocycles. The maximum Gasteiger partial charge on any atom is 0.270 e. The molecule has 1 unspecified atom stereocenters. The zero-order valence-corrected chi connectivity index (χ0v) is 15.2. The number of carbonyl (C=O) groups excluding carboxylic acids is 1. The van der Waals surface area contributed by atoms with Crippen LogP contribution in [-0.2, 0) is 6.54 Å². The second-order valence-electron chi connectivity index (χ2n) is 6.24. The molecule has 0 aliphatic carbocycles. The average Bonchev–Trinajstić information content (AvgIpc) is 2.67. The SMILES string of the molecule is Cc1nc(NC(C)c2ccccc2)cc(C(=O)NCc2ccccc2F)n1. The van der Waals surface area contributed by atoms with Gasteiger partial charge in [0.1, 0.15) is 23.2 Å². The predicted molar refractivity (Wildman–Crippen MR) is 103 cm³/mol. The van der Waals surface area contributed by atoms with Crippen LogP contribution in [0.2, 0.25) is 0 Å². The fraction of sp³-hybridized carbons (Fsp3) is 0.190. The van der Waals surface area contributed by atoms with E-state index in [0.29, 0.717) is 17.2 Å². The lowest BCUT2D eigenvalue weighted by molar-refractivity contribution is 0.0945. The van der Waals surface area contributed by atoms with E-state index in [0.717, 1.165) is 5.56 Å². The van der Waals surface area contributed by atoms with Gasteiger partial charge in [-0.3, -0.25) is 4.79 Å². The highest BCUT2D eigenvalue weighted by molar-refractivity contribution is 5.92. The van der Waals surface area contributed by atoms with E-state index < -0.39 is 0 Å². The molecule has 1 heterocycles. The Morgan fingerprint density at radius 2 is 1.78 bits per heavy atom. The Hall–Kier alpha value is -3.28. The number of rotatable bonds is 6. The molecule has 0 saturated heterocycles. The molecule has 1 amide bonds. The molecule has 0 radical (unpaired) electrons. The van der Waals surface area contributed by atoms with Crippen LogP contribution in [0.3, 0.4) is 0 Å². The van der Waals surface area contributed by atoms with Gasteiger partial charge in [-0.1, -0.05) is 48.5 Å². The zero-order valence-electron chi connectivity index (χ0n) is 15.2. The fourth-order valence-electron chi connectivity index (χ4n) is 2.71. The third-order valence-corrected chi connectivity index (χ3v) is 4.13. The van der Waals surface area contributed by atoms with Gasteiger partial charge in [0, 0.05) is 24.2 Å². The Morgan fingerprint density at radius 1 is 1.07 bits per heavy atom. The number of carbonyl (C=O) groups is 1. The summed E-state index contributed by atoms with van der Waals surface area (Å²) in [5.41, 5.74) is 1.77. The molecule has 6 heteroatoms. The molecule has 2 N–H and O–H groups in total. The molecule has 138 valence electrons. The Kier molecular flexibility index (Phi) is 5.76. The minimum Gasteiger partial charge on any atom is -0.363 e. The summed E-state index contributed by atoms with van der Waals surface area (Å²) in [6, 6.07) is 17.9. The van der Waals surface area contributed by atoms with Crippen LogP contribution in [0.4, 0.5) is 10.2 Å². The van der Waals surface area contributed by atoms with Gasteiger partial charge in [-0.15, -0.1) is 0 Å². The molecular formula is C21H21FN4O. The quantitative estimate of drug-likeness (QED) is 0.693. The highest BCUT2D eigenvalue weighted by Crippen LogP contribution is 2.18. The molecule has 3 aromatic rings. The largest absolute Gasteiger partial charge is 0.363 e. The van der Waals surface area contributed by atoms with E-state index in [1.165, 1.54) is 6.07 Å². The van der Waals surface area contributed by atoms with Gasteiger partial charge in [-0.05, 0) is 25.5 Å². The van der Waals surface area contributed by atoms with E-state index in [2.05, 4.69) is 20.6 Å². The molecule has 0 fully saturated rings. The maximum atomic E-state index is 13.7. The van der Waals surface area contributed by atoms with Gasteiger partial charge in [0.25, 0.3) is 5.91 Å². The van der Waals surface area contributed by atoms with Crippen LogP contribution in [0.5, 0.6) is 0 Å². The summed E-state index contributed by atoms with van der Waals surface area (Å²) in [6.45, 7) is 3.84. The van der Waals surface area contributed by atoms with Gasteiger partial charge < -0.3 is 10.6 Å². The third-order valence-electron chi connectivity index (χ3n) is 4.13. The molecular weight excluding hydrogens is 343 g/mol. The monoisotopic (exact) mass is 364 g/mol. The van der Waals surface area contributed by atoms with Gasteiger partial charge in [0.15, 0.2) is 0 Å². The van der Waals surface area contributed by atoms with Crippen molar-refractivity contribution in [3.05, 3.63) is 89.1 Å². The maximum absolute atomic E-state index is 13.7.